The lowest BCUT2D eigenvalue weighted by atomic mass is 9.86. The molecule has 0 aromatic rings. The first-order valence-corrected chi connectivity index (χ1v) is 32.9. The van der Waals surface area contributed by atoms with Crippen LogP contribution in [0.1, 0.15) is 27.7 Å². The van der Waals surface area contributed by atoms with Crippen molar-refractivity contribution in [2.24, 2.45) is 5.92 Å². The summed E-state index contributed by atoms with van der Waals surface area (Å²) in [5.41, 5.74) is -0.207. The number of carbonyl (C=O) groups excluding carboxylic acids is 1. The summed E-state index contributed by atoms with van der Waals surface area (Å²) in [5.74, 6) is -2.01. The van der Waals surface area contributed by atoms with E-state index in [4.69, 9.17) is 66.3 Å². The summed E-state index contributed by atoms with van der Waals surface area (Å²) in [6, 6.07) is -5.10. The van der Waals surface area contributed by atoms with Gasteiger partial charge in [-0.25, -0.2) is 0 Å². The third-order valence-electron chi connectivity index (χ3n) is 19.9. The van der Waals surface area contributed by atoms with Gasteiger partial charge in [0.15, 0.2) is 44.0 Å². The molecule has 0 saturated carbocycles. The molecule has 0 radical (unpaired) electrons. The van der Waals surface area contributed by atoms with Crippen molar-refractivity contribution in [1.82, 2.24) is 10.6 Å². The van der Waals surface area contributed by atoms with Crippen LogP contribution in [-0.2, 0) is 71.1 Å². The largest absolute Gasteiger partial charge is 0.463 e. The molecule has 9 rings (SSSR count). The highest BCUT2D eigenvalue weighted by molar-refractivity contribution is 5.65. The van der Waals surface area contributed by atoms with E-state index >= 15 is 0 Å². The highest BCUT2D eigenvalue weighted by Crippen LogP contribution is 2.40. The number of esters is 1. The molecular weight excluding hydrogens is 1380 g/mol. The Labute approximate surface area is 574 Å². The second kappa shape index (κ2) is 35.1. The van der Waals surface area contributed by atoms with Crippen LogP contribution in [0.5, 0.6) is 0 Å². The fourth-order valence-electron chi connectivity index (χ4n) is 13.9. The number of aliphatic hydroxyl groups excluding tert-OH is 25. The second-order valence-corrected chi connectivity index (χ2v) is 26.6. The lowest BCUT2D eigenvalue weighted by Crippen LogP contribution is -2.68. The van der Waals surface area contributed by atoms with Crippen molar-refractivity contribution in [3.63, 3.8) is 0 Å². The predicted molar refractivity (Wildman–Crippen MR) is 317 cm³/mol. The molecule has 0 amide bonds. The van der Waals surface area contributed by atoms with Crippen molar-refractivity contribution in [2.75, 3.05) is 46.2 Å². The van der Waals surface area contributed by atoms with Crippen LogP contribution in [0.4, 0.5) is 0 Å². The van der Waals surface area contributed by atoms with E-state index in [2.05, 4.69) is 10.6 Å². The second-order valence-electron chi connectivity index (χ2n) is 26.6. The number of hydrogen-bond acceptors (Lipinski definition) is 42. The molecule has 584 valence electrons. The molecular formula is C59H98N2O40. The van der Waals surface area contributed by atoms with E-state index in [0.29, 0.717) is 0 Å². The first kappa shape index (κ1) is 82.4. The van der Waals surface area contributed by atoms with Gasteiger partial charge >= 0.3 is 5.97 Å². The Hall–Kier alpha value is -2.65. The summed E-state index contributed by atoms with van der Waals surface area (Å²) in [6.45, 7) is -0.762. The number of hydrogen-bond donors (Lipinski definition) is 27. The van der Waals surface area contributed by atoms with E-state index in [9.17, 15) is 132 Å². The van der Waals surface area contributed by atoms with Crippen LogP contribution in [0.25, 0.3) is 0 Å². The zero-order valence-electron chi connectivity index (χ0n) is 54.7. The van der Waals surface area contributed by atoms with Crippen LogP contribution in [0.2, 0.25) is 0 Å². The van der Waals surface area contributed by atoms with Crippen LogP contribution in [-0.4, -0.2) is 437 Å². The minimum absolute atomic E-state index is 0.0352. The molecule has 43 atom stereocenters. The Morgan fingerprint density at radius 1 is 0.366 bits per heavy atom. The molecule has 7 saturated heterocycles. The van der Waals surface area contributed by atoms with Gasteiger partial charge in [-0.05, 0) is 25.0 Å². The first-order valence-electron chi connectivity index (χ1n) is 32.9. The Morgan fingerprint density at radius 2 is 0.703 bits per heavy atom. The van der Waals surface area contributed by atoms with Gasteiger partial charge in [0.1, 0.15) is 178 Å². The SMILES string of the molecule is CC(=O)OC[C@H]1O[C@H](O[C@H]2[C@@H](O)[C@@H](O)[C@@H](O[C@@H]3[C@@H](O)[C@@H](O)[C@@H](O[C@@H]4[C@@H](O)[C@@H](O)C(O)O[C@@H]4CO)O[C@@H]3CO)O[C@@H]2CO)[C@H](O)[C@H](C)[C@@H]1O[C@H]1O[C@H](C)[C@@H](NC2C=C(CO)[C@@H](O[C@H]3O[C@H](CO)[C@@H](O[C@H]4O[C@H](C)C(N[C@H]5C=C(CO)C(O)C(O)[C@H]5O)[C@@H](O)[C@H]4O)[C@@H](O)[C@H]3O)C(O)[C@H]2O)[C@@H](O)[C@H]1O. The summed E-state index contributed by atoms with van der Waals surface area (Å²) in [6.07, 6.45) is -65.9. The van der Waals surface area contributed by atoms with Crippen LogP contribution in [0, 0.1) is 5.92 Å². The predicted octanol–water partition coefficient (Wildman–Crippen LogP) is -16.4. The first-order chi connectivity index (χ1) is 47.7. The monoisotopic (exact) mass is 1470 g/mol. The Bertz CT molecular complexity index is 2680. The highest BCUT2D eigenvalue weighted by Gasteiger charge is 2.59. The van der Waals surface area contributed by atoms with Gasteiger partial charge in [-0.15, -0.1) is 0 Å². The van der Waals surface area contributed by atoms with Crippen molar-refractivity contribution >= 4 is 5.97 Å². The topological polar surface area (TPSA) is 676 Å². The van der Waals surface area contributed by atoms with Crippen molar-refractivity contribution in [3.8, 4) is 0 Å². The molecule has 42 heteroatoms. The smallest absolute Gasteiger partial charge is 0.302 e. The van der Waals surface area contributed by atoms with E-state index in [1.165, 1.54) is 32.9 Å². The quantitative estimate of drug-likeness (QED) is 0.0315. The van der Waals surface area contributed by atoms with Gasteiger partial charge in [-0.1, -0.05) is 19.1 Å². The molecule has 2 aliphatic carbocycles. The summed E-state index contributed by atoms with van der Waals surface area (Å²) < 4.78 is 80.4. The third-order valence-corrected chi connectivity index (χ3v) is 19.9. The molecule has 42 nitrogen and oxygen atoms in total. The normalized spacial score (nSPS) is 51.6. The molecule has 0 bridgehead atoms. The van der Waals surface area contributed by atoms with E-state index < -0.39 is 316 Å². The van der Waals surface area contributed by atoms with E-state index in [-0.39, 0.29) is 11.1 Å². The van der Waals surface area contributed by atoms with Crippen LogP contribution >= 0.6 is 0 Å². The van der Waals surface area contributed by atoms with Gasteiger partial charge in [0, 0.05) is 12.8 Å². The number of carbonyl (C=O) groups is 1. The summed E-state index contributed by atoms with van der Waals surface area (Å²) in [7, 11) is 0. The Balaban J connectivity index is 0.794. The maximum Gasteiger partial charge on any atom is 0.302 e. The van der Waals surface area contributed by atoms with E-state index in [1.54, 1.807) is 0 Å². The average Bonchev–Trinajstić information content (AvgIpc) is 0.777. The van der Waals surface area contributed by atoms with Gasteiger partial charge in [0.05, 0.1) is 82.1 Å². The van der Waals surface area contributed by atoms with Gasteiger partial charge in [0.25, 0.3) is 0 Å². The minimum atomic E-state index is -2.16. The highest BCUT2D eigenvalue weighted by atomic mass is 16.8. The van der Waals surface area contributed by atoms with Crippen molar-refractivity contribution in [3.05, 3.63) is 23.3 Å². The molecule has 6 unspecified atom stereocenters. The van der Waals surface area contributed by atoms with E-state index in [0.717, 1.165) is 6.92 Å². The number of aliphatic hydroxyl groups is 25. The van der Waals surface area contributed by atoms with Crippen LogP contribution in [0.3, 0.4) is 0 Å². The molecule has 7 heterocycles. The van der Waals surface area contributed by atoms with Crippen molar-refractivity contribution < 1.29 is 199 Å². The summed E-state index contributed by atoms with van der Waals surface area (Å²) in [4.78, 5) is 12.2. The molecule has 0 aromatic heterocycles. The molecule has 101 heavy (non-hydrogen) atoms. The average molecular weight is 1480 g/mol. The number of nitrogens with one attached hydrogen (secondary N) is 2. The van der Waals surface area contributed by atoms with E-state index in [1.807, 2.05) is 0 Å². The fourth-order valence-corrected chi connectivity index (χ4v) is 13.9. The minimum Gasteiger partial charge on any atom is -0.463 e. The van der Waals surface area contributed by atoms with Gasteiger partial charge in [-0.3, -0.25) is 4.79 Å². The lowest BCUT2D eigenvalue weighted by Gasteiger charge is -2.50. The van der Waals surface area contributed by atoms with Crippen molar-refractivity contribution in [2.45, 2.75) is 285 Å². The zero-order chi connectivity index (χ0) is 74.2. The summed E-state index contributed by atoms with van der Waals surface area (Å²) >= 11 is 0. The van der Waals surface area contributed by atoms with Crippen LogP contribution < -0.4 is 10.6 Å². The fraction of sp³-hybridized carbons (Fsp3) is 0.915. The number of ether oxygens (including phenoxy) is 14. The Morgan fingerprint density at radius 3 is 1.11 bits per heavy atom. The van der Waals surface area contributed by atoms with Gasteiger partial charge in [-0.2, -0.15) is 0 Å². The molecule has 7 fully saturated rings. The summed E-state index contributed by atoms with van der Waals surface area (Å²) in [5, 5.41) is 277. The molecule has 0 aromatic carbocycles. The lowest BCUT2D eigenvalue weighted by molar-refractivity contribution is -0.389. The van der Waals surface area contributed by atoms with Crippen LogP contribution in [0.15, 0.2) is 23.3 Å². The van der Waals surface area contributed by atoms with Gasteiger partial charge in [0.2, 0.25) is 0 Å². The maximum absolute atomic E-state index is 12.2. The molecule has 27 N–H and O–H groups in total. The molecule has 9 aliphatic rings. The molecule has 0 spiro atoms. The van der Waals surface area contributed by atoms with Gasteiger partial charge < -0.3 is 205 Å². The van der Waals surface area contributed by atoms with Crippen molar-refractivity contribution in [1.29, 1.82) is 0 Å². The number of rotatable bonds is 24. The zero-order valence-corrected chi connectivity index (χ0v) is 54.7. The Kier molecular flexibility index (Phi) is 28.7. The maximum atomic E-state index is 12.2. The standard InChI is InChI=1S/C59H98N2O40/c1-14-29(69)54(98-50-23(10-65)93-59(45(85)39(50)79)101-52-25(12-67)94-58(46(86)40(52)80)100-49-22(9-64)91-53(87)41(81)37(49)77)95-26(13-88-17(4)68)47(14)96-55-42(82)33(73)28(15(2)89-55)61-21-6-19(8-63)48(36(76)32(21)72)97-57-44(84)38(78)51(24(11-66)92-57)99-56-43(83)34(74)27(16(3)90-56)60-20-5-18(7-62)30(70)35(75)31(20)71/h5-6,14-16,20-67,69-87H,7-13H2,1-4H3/t14-,15+,16+,20-,21?,22+,23+,24+,25+,26+,27?,28+,29+,30?,31-,32-,33+,34+,35?,36?,37-,38-,39-,40-,41+,42+,43+,44+,45+,46+,47-,48+,49-,50+,51+,52-,53?,54+,55+,56+,57+,58+,59+/m0/s1. The molecule has 7 aliphatic heterocycles. The third kappa shape index (κ3) is 17.3.